The molecule has 276 valence electrons. The minimum atomic E-state index is 0.854. The first-order valence-corrected chi connectivity index (χ1v) is 20.1. The molecule has 59 heavy (non-hydrogen) atoms. The quantitative estimate of drug-likeness (QED) is 0.169. The number of hydrogen-bond acceptors (Lipinski definition) is 3. The fraction of sp³-hybridized carbons (Fsp3) is 0. The predicted molar refractivity (Wildman–Crippen MR) is 247 cm³/mol. The Hall–Kier alpha value is -7.88. The molecule has 0 saturated heterocycles. The highest BCUT2D eigenvalue weighted by Gasteiger charge is 2.22. The summed E-state index contributed by atoms with van der Waals surface area (Å²) in [6.07, 6.45) is 0. The third kappa shape index (κ3) is 5.44. The zero-order valence-electron chi connectivity index (χ0n) is 32.0. The Labute approximate surface area is 340 Å². The van der Waals surface area contributed by atoms with Crippen molar-refractivity contribution < 1.29 is 8.83 Å². The molecule has 0 amide bonds. The summed E-state index contributed by atoms with van der Waals surface area (Å²) in [4.78, 5) is 2.37. The summed E-state index contributed by atoms with van der Waals surface area (Å²) in [6, 6.07) is 75.6. The zero-order chi connectivity index (χ0) is 38.9. The van der Waals surface area contributed by atoms with Crippen molar-refractivity contribution in [2.75, 3.05) is 4.90 Å². The van der Waals surface area contributed by atoms with Crippen LogP contribution in [0.5, 0.6) is 0 Å². The lowest BCUT2D eigenvalue weighted by Gasteiger charge is -2.27. The van der Waals surface area contributed by atoms with Gasteiger partial charge in [0.1, 0.15) is 22.3 Å². The second-order valence-corrected chi connectivity index (χ2v) is 15.2. The second kappa shape index (κ2) is 13.4. The maximum Gasteiger partial charge on any atom is 0.143 e. The average Bonchev–Trinajstić information content (AvgIpc) is 3.90. The van der Waals surface area contributed by atoms with E-state index >= 15 is 0 Å². The van der Waals surface area contributed by atoms with E-state index in [1.165, 1.54) is 22.1 Å². The van der Waals surface area contributed by atoms with Gasteiger partial charge in [-0.3, -0.25) is 0 Å². The molecule has 0 aliphatic carbocycles. The third-order valence-corrected chi connectivity index (χ3v) is 11.9. The average molecular weight is 754 g/mol. The summed E-state index contributed by atoms with van der Waals surface area (Å²) in [6.45, 7) is 0. The lowest BCUT2D eigenvalue weighted by atomic mass is 9.97. The Bertz CT molecular complexity index is 3540. The monoisotopic (exact) mass is 753 g/mol. The van der Waals surface area contributed by atoms with Crippen LogP contribution in [0.1, 0.15) is 0 Å². The van der Waals surface area contributed by atoms with Gasteiger partial charge in [-0.2, -0.15) is 0 Å². The van der Waals surface area contributed by atoms with Crippen molar-refractivity contribution in [3.63, 3.8) is 0 Å². The summed E-state index contributed by atoms with van der Waals surface area (Å²) in [5, 5.41) is 8.96. The lowest BCUT2D eigenvalue weighted by Crippen LogP contribution is -2.10. The highest BCUT2D eigenvalue weighted by atomic mass is 16.3. The van der Waals surface area contributed by atoms with E-state index in [1.54, 1.807) is 0 Å². The van der Waals surface area contributed by atoms with Crippen LogP contribution >= 0.6 is 0 Å². The van der Waals surface area contributed by atoms with Crippen LogP contribution in [0.25, 0.3) is 98.8 Å². The van der Waals surface area contributed by atoms with Gasteiger partial charge >= 0.3 is 0 Å². The molecular weight excluding hydrogens is 719 g/mol. The maximum absolute atomic E-state index is 6.71. The smallest absolute Gasteiger partial charge is 0.143 e. The van der Waals surface area contributed by atoms with Gasteiger partial charge in [-0.1, -0.05) is 158 Å². The highest BCUT2D eigenvalue weighted by molar-refractivity contribution is 6.21. The van der Waals surface area contributed by atoms with Crippen LogP contribution in [0.3, 0.4) is 0 Å². The number of furan rings is 2. The molecule has 3 heteroatoms. The van der Waals surface area contributed by atoms with Gasteiger partial charge in [0.25, 0.3) is 0 Å². The molecule has 0 N–H and O–H groups in total. The standard InChI is InChI=1S/C56H35NO2/c1-2-11-36(12-3-1)37-23-25-38(26-24-37)39-27-31-43(32-28-39)57(50-20-10-22-52-54(50)49-34-30-41-14-5-7-18-47(41)56(49)59-52)44-16-8-15-42(35-44)45-19-9-21-51-53(45)48-33-29-40-13-4-6-17-46(40)55(48)58-51/h1-35H. The molecule has 12 rings (SSSR count). The second-order valence-electron chi connectivity index (χ2n) is 15.2. The Morgan fingerprint density at radius 1 is 0.305 bits per heavy atom. The summed E-state index contributed by atoms with van der Waals surface area (Å²) in [7, 11) is 0. The van der Waals surface area contributed by atoms with Gasteiger partial charge in [0, 0.05) is 38.3 Å². The third-order valence-electron chi connectivity index (χ3n) is 11.9. The van der Waals surface area contributed by atoms with Gasteiger partial charge in [-0.05, 0) is 98.8 Å². The number of rotatable bonds is 6. The largest absolute Gasteiger partial charge is 0.455 e. The van der Waals surface area contributed by atoms with Crippen LogP contribution in [0.15, 0.2) is 221 Å². The molecule has 0 aliphatic rings. The fourth-order valence-electron chi connectivity index (χ4n) is 9.04. The Morgan fingerprint density at radius 3 is 1.47 bits per heavy atom. The molecule has 0 saturated carbocycles. The molecule has 3 nitrogen and oxygen atoms in total. The topological polar surface area (TPSA) is 29.5 Å². The Balaban J connectivity index is 1.03. The molecule has 2 heterocycles. The van der Waals surface area contributed by atoms with E-state index < -0.39 is 0 Å². The van der Waals surface area contributed by atoms with Crippen LogP contribution in [0, 0.1) is 0 Å². The van der Waals surface area contributed by atoms with Gasteiger partial charge < -0.3 is 13.7 Å². The van der Waals surface area contributed by atoms with Gasteiger partial charge in [0.15, 0.2) is 0 Å². The molecule has 0 unspecified atom stereocenters. The van der Waals surface area contributed by atoms with Crippen molar-refractivity contribution in [2.24, 2.45) is 0 Å². The minimum Gasteiger partial charge on any atom is -0.455 e. The number of hydrogen-bond donors (Lipinski definition) is 0. The first-order chi connectivity index (χ1) is 29.2. The predicted octanol–water partition coefficient (Wildman–Crippen LogP) is 16.3. The van der Waals surface area contributed by atoms with E-state index in [0.717, 1.165) is 93.8 Å². The summed E-state index contributed by atoms with van der Waals surface area (Å²) >= 11 is 0. The molecule has 0 fully saturated rings. The first kappa shape index (κ1) is 33.3. The van der Waals surface area contributed by atoms with Crippen LogP contribution < -0.4 is 4.90 Å². The fourth-order valence-corrected chi connectivity index (χ4v) is 9.04. The van der Waals surface area contributed by atoms with Crippen molar-refractivity contribution in [3.05, 3.63) is 212 Å². The van der Waals surface area contributed by atoms with Gasteiger partial charge in [0.2, 0.25) is 0 Å². The number of benzene rings is 10. The Kier molecular flexibility index (Phi) is 7.54. The molecule has 12 aromatic rings. The molecular formula is C56H35NO2. The maximum atomic E-state index is 6.71. The van der Waals surface area contributed by atoms with E-state index in [1.807, 2.05) is 0 Å². The summed E-state index contributed by atoms with van der Waals surface area (Å²) < 4.78 is 13.3. The lowest BCUT2D eigenvalue weighted by molar-refractivity contribution is 0.672. The van der Waals surface area contributed by atoms with E-state index in [9.17, 15) is 0 Å². The van der Waals surface area contributed by atoms with Crippen molar-refractivity contribution in [2.45, 2.75) is 0 Å². The number of nitrogens with zero attached hydrogens (tertiary/aromatic N) is 1. The normalized spacial score (nSPS) is 11.7. The van der Waals surface area contributed by atoms with E-state index in [-0.39, 0.29) is 0 Å². The summed E-state index contributed by atoms with van der Waals surface area (Å²) in [5.74, 6) is 0. The molecule has 2 aromatic heterocycles. The highest BCUT2D eigenvalue weighted by Crippen LogP contribution is 2.46. The molecule has 0 spiro atoms. The van der Waals surface area contributed by atoms with E-state index in [2.05, 4.69) is 217 Å². The molecule has 0 bridgehead atoms. The van der Waals surface area contributed by atoms with E-state index in [0.29, 0.717) is 0 Å². The van der Waals surface area contributed by atoms with Gasteiger partial charge in [0.05, 0.1) is 11.1 Å². The molecule has 0 radical (unpaired) electrons. The van der Waals surface area contributed by atoms with Crippen molar-refractivity contribution in [1.29, 1.82) is 0 Å². The Morgan fingerprint density at radius 2 is 0.814 bits per heavy atom. The van der Waals surface area contributed by atoms with Crippen LogP contribution in [-0.4, -0.2) is 0 Å². The van der Waals surface area contributed by atoms with Crippen molar-refractivity contribution in [1.82, 2.24) is 0 Å². The van der Waals surface area contributed by atoms with Crippen LogP contribution in [0.2, 0.25) is 0 Å². The minimum absolute atomic E-state index is 0.854. The zero-order valence-corrected chi connectivity index (χ0v) is 32.0. The number of fused-ring (bicyclic) bond motifs is 10. The van der Waals surface area contributed by atoms with E-state index in [4.69, 9.17) is 8.83 Å². The molecule has 0 atom stereocenters. The van der Waals surface area contributed by atoms with Crippen LogP contribution in [-0.2, 0) is 0 Å². The van der Waals surface area contributed by atoms with Gasteiger partial charge in [-0.15, -0.1) is 0 Å². The van der Waals surface area contributed by atoms with Crippen LogP contribution in [0.4, 0.5) is 17.1 Å². The number of anilines is 3. The van der Waals surface area contributed by atoms with Gasteiger partial charge in [-0.25, -0.2) is 0 Å². The summed E-state index contributed by atoms with van der Waals surface area (Å²) in [5.41, 5.74) is 13.7. The molecule has 0 aliphatic heterocycles. The molecule has 10 aromatic carbocycles. The van der Waals surface area contributed by atoms with Crippen molar-refractivity contribution >= 4 is 82.5 Å². The van der Waals surface area contributed by atoms with Crippen molar-refractivity contribution in [3.8, 4) is 33.4 Å². The first-order valence-electron chi connectivity index (χ1n) is 20.1. The SMILES string of the molecule is c1ccc(-c2ccc(-c3ccc(N(c4cccc(-c5cccc6oc7c8ccccc8ccc7c56)c4)c4cccc5oc6c7ccccc7ccc6c45)cc3)cc2)cc1.